The van der Waals surface area contributed by atoms with E-state index in [0.29, 0.717) is 5.75 Å². The zero-order valence-corrected chi connectivity index (χ0v) is 8.20. The van der Waals surface area contributed by atoms with E-state index in [1.807, 2.05) is 6.26 Å². The van der Waals surface area contributed by atoms with E-state index < -0.39 is 12.3 Å². The second-order valence-electron chi connectivity index (χ2n) is 2.55. The molecule has 5 heteroatoms. The fourth-order valence-electron chi connectivity index (χ4n) is 0.724. The molecule has 1 amide bonds. The van der Waals surface area contributed by atoms with E-state index in [-0.39, 0.29) is 6.04 Å². The summed E-state index contributed by atoms with van der Waals surface area (Å²) in [6, 6.07) is -0.138. The van der Waals surface area contributed by atoms with Gasteiger partial charge in [0.15, 0.2) is 0 Å². The van der Waals surface area contributed by atoms with Gasteiger partial charge in [0.2, 0.25) is 0 Å². The van der Waals surface area contributed by atoms with Gasteiger partial charge in [-0.2, -0.15) is 20.5 Å². The fraction of sp³-hybridized carbons (Fsp3) is 0.857. The number of carbonyl (C=O) groups is 1. The normalized spacial score (nSPS) is 13.2. The quantitative estimate of drug-likeness (QED) is 0.680. The van der Waals surface area contributed by atoms with Crippen LogP contribution in [0.25, 0.3) is 0 Å². The molecule has 0 heterocycles. The van der Waals surface area contributed by atoms with Crippen LogP contribution >= 0.6 is 11.8 Å². The number of carbonyl (C=O) groups excluding carboxylic acids is 1. The van der Waals surface area contributed by atoms with E-state index in [1.54, 1.807) is 6.92 Å². The van der Waals surface area contributed by atoms with Gasteiger partial charge in [0.1, 0.15) is 0 Å². The van der Waals surface area contributed by atoms with Crippen LogP contribution in [0.4, 0.5) is 8.78 Å². The molecule has 12 heavy (non-hydrogen) atoms. The molecule has 0 saturated heterocycles. The van der Waals surface area contributed by atoms with Crippen molar-refractivity contribution in [1.82, 2.24) is 4.90 Å². The third kappa shape index (κ3) is 3.38. The van der Waals surface area contributed by atoms with Crippen molar-refractivity contribution in [3.8, 4) is 0 Å². The highest BCUT2D eigenvalue weighted by molar-refractivity contribution is 7.98. The molecule has 0 spiro atoms. The lowest BCUT2D eigenvalue weighted by Crippen LogP contribution is -2.40. The average Bonchev–Trinajstić information content (AvgIpc) is 2.02. The van der Waals surface area contributed by atoms with Crippen LogP contribution in [0.5, 0.6) is 0 Å². The minimum atomic E-state index is -2.89. The standard InChI is InChI=1S/C7H13F2NOS/c1-5(4-12-3)10(2)7(11)6(8)9/h5-6H,4H2,1-3H3. The molecule has 2 nitrogen and oxygen atoms in total. The lowest BCUT2D eigenvalue weighted by molar-refractivity contribution is -0.142. The van der Waals surface area contributed by atoms with Gasteiger partial charge in [-0.15, -0.1) is 0 Å². The van der Waals surface area contributed by atoms with Gasteiger partial charge in [0.25, 0.3) is 5.91 Å². The van der Waals surface area contributed by atoms with Crippen molar-refractivity contribution in [2.75, 3.05) is 19.1 Å². The van der Waals surface area contributed by atoms with Gasteiger partial charge in [-0.3, -0.25) is 4.79 Å². The molecule has 1 atom stereocenters. The first-order chi connectivity index (χ1) is 5.50. The molecule has 0 aromatic carbocycles. The van der Waals surface area contributed by atoms with E-state index in [1.165, 1.54) is 18.8 Å². The molecule has 0 aliphatic heterocycles. The van der Waals surface area contributed by atoms with Gasteiger partial charge in [0.05, 0.1) is 0 Å². The summed E-state index contributed by atoms with van der Waals surface area (Å²) in [5, 5.41) is 0. The molecule has 0 N–H and O–H groups in total. The maximum absolute atomic E-state index is 11.9. The van der Waals surface area contributed by atoms with E-state index in [4.69, 9.17) is 0 Å². The van der Waals surface area contributed by atoms with Gasteiger partial charge < -0.3 is 4.90 Å². The zero-order chi connectivity index (χ0) is 9.72. The predicted molar refractivity (Wildman–Crippen MR) is 46.6 cm³/mol. The molecule has 0 aromatic rings. The maximum Gasteiger partial charge on any atom is 0.315 e. The second kappa shape index (κ2) is 5.35. The van der Waals surface area contributed by atoms with Crippen molar-refractivity contribution in [3.63, 3.8) is 0 Å². The Kier molecular flexibility index (Phi) is 5.20. The minimum Gasteiger partial charge on any atom is -0.337 e. The number of hydrogen-bond acceptors (Lipinski definition) is 2. The Morgan fingerprint density at radius 3 is 2.42 bits per heavy atom. The largest absolute Gasteiger partial charge is 0.337 e. The van der Waals surface area contributed by atoms with Gasteiger partial charge in [-0.05, 0) is 13.2 Å². The van der Waals surface area contributed by atoms with Crippen molar-refractivity contribution >= 4 is 17.7 Å². The van der Waals surface area contributed by atoms with Crippen LogP contribution in [0.15, 0.2) is 0 Å². The third-order valence-electron chi connectivity index (χ3n) is 1.60. The van der Waals surface area contributed by atoms with E-state index in [9.17, 15) is 13.6 Å². The highest BCUT2D eigenvalue weighted by Gasteiger charge is 2.23. The molecule has 0 fully saturated rings. The summed E-state index contributed by atoms with van der Waals surface area (Å²) in [4.78, 5) is 11.8. The zero-order valence-electron chi connectivity index (χ0n) is 7.38. The van der Waals surface area contributed by atoms with Gasteiger partial charge in [-0.25, -0.2) is 0 Å². The monoisotopic (exact) mass is 197 g/mol. The number of amides is 1. The first kappa shape index (κ1) is 11.7. The molecule has 0 radical (unpaired) electrons. The molecular formula is C7H13F2NOS. The van der Waals surface area contributed by atoms with Crippen molar-refractivity contribution in [2.24, 2.45) is 0 Å². The Hall–Kier alpha value is -0.320. The van der Waals surface area contributed by atoms with E-state index in [0.717, 1.165) is 4.90 Å². The van der Waals surface area contributed by atoms with E-state index in [2.05, 4.69) is 0 Å². The van der Waals surface area contributed by atoms with Crippen LogP contribution in [0.1, 0.15) is 6.92 Å². The van der Waals surface area contributed by atoms with Crippen molar-refractivity contribution in [3.05, 3.63) is 0 Å². The lowest BCUT2D eigenvalue weighted by Gasteiger charge is -2.23. The van der Waals surface area contributed by atoms with Crippen LogP contribution in [0.3, 0.4) is 0 Å². The number of hydrogen-bond donors (Lipinski definition) is 0. The first-order valence-corrected chi connectivity index (χ1v) is 4.93. The third-order valence-corrected chi connectivity index (χ3v) is 2.42. The average molecular weight is 197 g/mol. The summed E-state index contributed by atoms with van der Waals surface area (Å²) in [5.74, 6) is -0.425. The van der Waals surface area contributed by atoms with Crippen LogP contribution < -0.4 is 0 Å². The first-order valence-electron chi connectivity index (χ1n) is 3.54. The van der Waals surface area contributed by atoms with Crippen molar-refractivity contribution in [2.45, 2.75) is 19.4 Å². The molecule has 72 valence electrons. The molecule has 0 rings (SSSR count). The van der Waals surface area contributed by atoms with Crippen LogP contribution in [0, 0.1) is 0 Å². The highest BCUT2D eigenvalue weighted by atomic mass is 32.2. The Morgan fingerprint density at radius 2 is 2.08 bits per heavy atom. The Labute approximate surface area is 75.3 Å². The Balaban J connectivity index is 4.00. The summed E-state index contributed by atoms with van der Waals surface area (Å²) < 4.78 is 23.8. The van der Waals surface area contributed by atoms with Gasteiger partial charge in [-0.1, -0.05) is 0 Å². The molecule has 0 bridgehead atoms. The van der Waals surface area contributed by atoms with Crippen LogP contribution in [-0.2, 0) is 4.79 Å². The molecule has 1 unspecified atom stereocenters. The number of halogens is 2. The molecular weight excluding hydrogens is 184 g/mol. The predicted octanol–water partition coefficient (Wildman–Crippen LogP) is 1.46. The van der Waals surface area contributed by atoms with Crippen molar-refractivity contribution in [1.29, 1.82) is 0 Å². The minimum absolute atomic E-state index is 0.138. The number of thioether (sulfide) groups is 1. The summed E-state index contributed by atoms with van der Waals surface area (Å²) >= 11 is 1.53. The molecule has 0 aliphatic carbocycles. The van der Waals surface area contributed by atoms with Crippen LogP contribution in [-0.4, -0.2) is 42.3 Å². The smallest absolute Gasteiger partial charge is 0.315 e. The SMILES string of the molecule is CSCC(C)N(C)C(=O)C(F)F. The summed E-state index contributed by atoms with van der Waals surface area (Å²) in [6.07, 6.45) is -1.02. The highest BCUT2D eigenvalue weighted by Crippen LogP contribution is 2.07. The second-order valence-corrected chi connectivity index (χ2v) is 3.46. The molecule has 0 saturated carbocycles. The molecule has 0 aromatic heterocycles. The van der Waals surface area contributed by atoms with E-state index >= 15 is 0 Å². The lowest BCUT2D eigenvalue weighted by atomic mass is 10.3. The molecule has 0 aliphatic rings. The summed E-state index contributed by atoms with van der Waals surface area (Å²) in [5.41, 5.74) is 0. The fourth-order valence-corrected chi connectivity index (χ4v) is 1.43. The summed E-state index contributed by atoms with van der Waals surface area (Å²) in [6.45, 7) is 1.75. The van der Waals surface area contributed by atoms with Crippen LogP contribution in [0.2, 0.25) is 0 Å². The topological polar surface area (TPSA) is 20.3 Å². The number of nitrogens with zero attached hydrogens (tertiary/aromatic N) is 1. The Bertz CT molecular complexity index is 154. The number of rotatable bonds is 4. The van der Waals surface area contributed by atoms with Gasteiger partial charge in [0, 0.05) is 18.8 Å². The summed E-state index contributed by atoms with van der Waals surface area (Å²) in [7, 11) is 1.40. The maximum atomic E-state index is 11.9. The Morgan fingerprint density at radius 1 is 1.58 bits per heavy atom. The number of alkyl halides is 2. The van der Waals surface area contributed by atoms with Gasteiger partial charge >= 0.3 is 6.43 Å². The van der Waals surface area contributed by atoms with Crippen molar-refractivity contribution < 1.29 is 13.6 Å².